The lowest BCUT2D eigenvalue weighted by molar-refractivity contribution is -0.115. The zero-order valence-electron chi connectivity index (χ0n) is 13.4. The standard InChI is InChI=1S/C18H17N3O3/c1-3-17(23)21-12-6-4-11(5-7-12)18-13-8-16(24-2)15(22)9-14(13)19-10-20-18/h4-10,22H,3H2,1-2H3,(H,21,23). The number of amides is 1. The summed E-state index contributed by atoms with van der Waals surface area (Å²) in [5.41, 5.74) is 2.97. The lowest BCUT2D eigenvalue weighted by atomic mass is 10.1. The minimum Gasteiger partial charge on any atom is -0.504 e. The van der Waals surface area contributed by atoms with Crippen LogP contribution in [0.3, 0.4) is 0 Å². The Bertz CT molecular complexity index is 892. The average Bonchev–Trinajstić information content (AvgIpc) is 2.61. The van der Waals surface area contributed by atoms with E-state index in [0.29, 0.717) is 17.7 Å². The Morgan fingerprint density at radius 2 is 1.96 bits per heavy atom. The van der Waals surface area contributed by atoms with Crippen LogP contribution < -0.4 is 10.1 Å². The Labute approximate surface area is 139 Å². The van der Waals surface area contributed by atoms with Crippen molar-refractivity contribution in [2.75, 3.05) is 12.4 Å². The Balaban J connectivity index is 2.04. The fraction of sp³-hybridized carbons (Fsp3) is 0.167. The normalized spacial score (nSPS) is 10.6. The molecular weight excluding hydrogens is 306 g/mol. The number of methoxy groups -OCH3 is 1. The molecule has 0 radical (unpaired) electrons. The van der Waals surface area contributed by atoms with E-state index >= 15 is 0 Å². The van der Waals surface area contributed by atoms with Gasteiger partial charge in [0.25, 0.3) is 0 Å². The van der Waals surface area contributed by atoms with Crippen LogP contribution in [0.25, 0.3) is 22.2 Å². The van der Waals surface area contributed by atoms with E-state index in [4.69, 9.17) is 4.74 Å². The van der Waals surface area contributed by atoms with Gasteiger partial charge in [0.1, 0.15) is 6.33 Å². The van der Waals surface area contributed by atoms with E-state index in [0.717, 1.165) is 22.3 Å². The Kier molecular flexibility index (Phi) is 4.29. The molecule has 122 valence electrons. The summed E-state index contributed by atoms with van der Waals surface area (Å²) in [5.74, 6) is 0.369. The van der Waals surface area contributed by atoms with Crippen LogP contribution in [0.2, 0.25) is 0 Å². The molecule has 0 atom stereocenters. The summed E-state index contributed by atoms with van der Waals surface area (Å²) >= 11 is 0. The highest BCUT2D eigenvalue weighted by molar-refractivity contribution is 5.95. The zero-order chi connectivity index (χ0) is 17.1. The van der Waals surface area contributed by atoms with Crippen LogP contribution in [0.5, 0.6) is 11.5 Å². The van der Waals surface area contributed by atoms with Gasteiger partial charge in [-0.3, -0.25) is 4.79 Å². The molecule has 1 heterocycles. The summed E-state index contributed by atoms with van der Waals surface area (Å²) in [5, 5.41) is 13.5. The van der Waals surface area contributed by atoms with Gasteiger partial charge >= 0.3 is 0 Å². The first-order valence-corrected chi connectivity index (χ1v) is 7.54. The number of carbonyl (C=O) groups excluding carboxylic acids is 1. The smallest absolute Gasteiger partial charge is 0.224 e. The number of carbonyl (C=O) groups is 1. The largest absolute Gasteiger partial charge is 0.504 e. The maximum atomic E-state index is 11.4. The molecule has 0 spiro atoms. The third-order valence-corrected chi connectivity index (χ3v) is 3.70. The van der Waals surface area contributed by atoms with Gasteiger partial charge < -0.3 is 15.2 Å². The van der Waals surface area contributed by atoms with Crippen LogP contribution in [0.4, 0.5) is 5.69 Å². The molecule has 0 aliphatic heterocycles. The van der Waals surface area contributed by atoms with Crippen molar-refractivity contribution in [2.24, 2.45) is 0 Å². The molecule has 3 aromatic rings. The van der Waals surface area contributed by atoms with E-state index in [1.165, 1.54) is 13.4 Å². The number of fused-ring (bicyclic) bond motifs is 1. The van der Waals surface area contributed by atoms with Crippen molar-refractivity contribution in [1.82, 2.24) is 9.97 Å². The summed E-state index contributed by atoms with van der Waals surface area (Å²) in [7, 11) is 1.50. The van der Waals surface area contributed by atoms with Gasteiger partial charge in [0, 0.05) is 29.1 Å². The molecule has 1 amide bonds. The van der Waals surface area contributed by atoms with Crippen molar-refractivity contribution in [1.29, 1.82) is 0 Å². The predicted octanol–water partition coefficient (Wildman–Crippen LogP) is 3.36. The Morgan fingerprint density at radius 3 is 2.62 bits per heavy atom. The summed E-state index contributed by atoms with van der Waals surface area (Å²) < 4.78 is 5.17. The van der Waals surface area contributed by atoms with Crippen LogP contribution in [0.1, 0.15) is 13.3 Å². The van der Waals surface area contributed by atoms with Crippen LogP contribution in [-0.4, -0.2) is 28.1 Å². The number of ether oxygens (including phenoxy) is 1. The highest BCUT2D eigenvalue weighted by Gasteiger charge is 2.11. The monoisotopic (exact) mass is 323 g/mol. The number of anilines is 1. The number of phenolic OH excluding ortho intramolecular Hbond substituents is 1. The van der Waals surface area contributed by atoms with Gasteiger partial charge in [0.15, 0.2) is 11.5 Å². The lowest BCUT2D eigenvalue weighted by Gasteiger charge is -2.09. The van der Waals surface area contributed by atoms with Crippen molar-refractivity contribution in [3.8, 4) is 22.8 Å². The number of aromatic hydroxyl groups is 1. The fourth-order valence-corrected chi connectivity index (χ4v) is 2.43. The van der Waals surface area contributed by atoms with E-state index in [1.807, 2.05) is 24.3 Å². The van der Waals surface area contributed by atoms with Gasteiger partial charge in [-0.1, -0.05) is 19.1 Å². The average molecular weight is 323 g/mol. The van der Waals surface area contributed by atoms with Gasteiger partial charge in [0.2, 0.25) is 5.91 Å². The van der Waals surface area contributed by atoms with Crippen LogP contribution in [-0.2, 0) is 4.79 Å². The molecule has 0 unspecified atom stereocenters. The van der Waals surface area contributed by atoms with Gasteiger partial charge in [0.05, 0.1) is 18.3 Å². The SMILES string of the molecule is CCC(=O)Nc1ccc(-c2ncnc3cc(O)c(OC)cc23)cc1. The Morgan fingerprint density at radius 1 is 1.21 bits per heavy atom. The van der Waals surface area contributed by atoms with Crippen molar-refractivity contribution >= 4 is 22.5 Å². The molecule has 2 N–H and O–H groups in total. The van der Waals surface area contributed by atoms with Crippen LogP contribution in [0.15, 0.2) is 42.7 Å². The molecule has 0 bridgehead atoms. The molecule has 2 aromatic carbocycles. The third-order valence-electron chi connectivity index (χ3n) is 3.70. The molecule has 24 heavy (non-hydrogen) atoms. The summed E-state index contributed by atoms with van der Waals surface area (Å²) in [4.78, 5) is 20.0. The topological polar surface area (TPSA) is 84.3 Å². The number of rotatable bonds is 4. The molecule has 1 aromatic heterocycles. The lowest BCUT2D eigenvalue weighted by Crippen LogP contribution is -2.09. The van der Waals surface area contributed by atoms with Crippen molar-refractivity contribution < 1.29 is 14.6 Å². The van der Waals surface area contributed by atoms with E-state index in [1.54, 1.807) is 19.1 Å². The first-order chi connectivity index (χ1) is 11.6. The minimum absolute atomic E-state index is 0.0320. The predicted molar refractivity (Wildman–Crippen MR) is 92.1 cm³/mol. The minimum atomic E-state index is -0.0320. The second-order valence-corrected chi connectivity index (χ2v) is 5.24. The van der Waals surface area contributed by atoms with Crippen LogP contribution >= 0.6 is 0 Å². The highest BCUT2D eigenvalue weighted by Crippen LogP contribution is 2.34. The highest BCUT2D eigenvalue weighted by atomic mass is 16.5. The summed E-state index contributed by atoms with van der Waals surface area (Å²) in [6.07, 6.45) is 1.89. The van der Waals surface area contributed by atoms with E-state index in [-0.39, 0.29) is 11.7 Å². The number of hydrogen-bond acceptors (Lipinski definition) is 5. The van der Waals surface area contributed by atoms with Crippen LogP contribution in [0, 0.1) is 0 Å². The second kappa shape index (κ2) is 6.54. The summed E-state index contributed by atoms with van der Waals surface area (Å²) in [6, 6.07) is 10.7. The Hall–Kier alpha value is -3.15. The number of nitrogens with zero attached hydrogens (tertiary/aromatic N) is 2. The van der Waals surface area contributed by atoms with E-state index in [2.05, 4.69) is 15.3 Å². The molecule has 0 saturated carbocycles. The van der Waals surface area contributed by atoms with Gasteiger partial charge in [-0.05, 0) is 18.2 Å². The number of hydrogen-bond donors (Lipinski definition) is 2. The number of nitrogens with one attached hydrogen (secondary N) is 1. The molecule has 6 heteroatoms. The number of benzene rings is 2. The van der Waals surface area contributed by atoms with Gasteiger partial charge in [-0.15, -0.1) is 0 Å². The zero-order valence-corrected chi connectivity index (χ0v) is 13.4. The maximum Gasteiger partial charge on any atom is 0.224 e. The maximum absolute atomic E-state index is 11.4. The molecule has 0 aliphatic carbocycles. The van der Waals surface area contributed by atoms with Crippen molar-refractivity contribution in [2.45, 2.75) is 13.3 Å². The molecular formula is C18H17N3O3. The third kappa shape index (κ3) is 2.99. The van der Waals surface area contributed by atoms with Crippen molar-refractivity contribution in [3.05, 3.63) is 42.7 Å². The quantitative estimate of drug-likeness (QED) is 0.769. The van der Waals surface area contributed by atoms with Crippen molar-refractivity contribution in [3.63, 3.8) is 0 Å². The molecule has 0 fully saturated rings. The molecule has 6 nitrogen and oxygen atoms in total. The van der Waals surface area contributed by atoms with E-state index < -0.39 is 0 Å². The van der Waals surface area contributed by atoms with E-state index in [9.17, 15) is 9.90 Å². The number of phenols is 1. The number of aromatic nitrogens is 2. The van der Waals surface area contributed by atoms with Gasteiger partial charge in [-0.25, -0.2) is 9.97 Å². The first-order valence-electron chi connectivity index (χ1n) is 7.54. The molecule has 3 rings (SSSR count). The second-order valence-electron chi connectivity index (χ2n) is 5.24. The molecule has 0 saturated heterocycles. The fourth-order valence-electron chi connectivity index (χ4n) is 2.43. The first kappa shape index (κ1) is 15.7. The molecule has 0 aliphatic rings. The summed E-state index contributed by atoms with van der Waals surface area (Å²) in [6.45, 7) is 1.81. The van der Waals surface area contributed by atoms with Gasteiger partial charge in [-0.2, -0.15) is 0 Å².